The van der Waals surface area contributed by atoms with Crippen LogP contribution in [0.25, 0.3) is 27.8 Å². The van der Waals surface area contributed by atoms with E-state index in [2.05, 4.69) is 37.1 Å². The van der Waals surface area contributed by atoms with Gasteiger partial charge in [-0.15, -0.1) is 0 Å². The van der Waals surface area contributed by atoms with Crippen LogP contribution in [0.3, 0.4) is 0 Å². The number of benzene rings is 4. The molecular formula is C39H28N6O4. The minimum absolute atomic E-state index is 0.469. The van der Waals surface area contributed by atoms with Crippen LogP contribution in [0.5, 0.6) is 46.3 Å². The topological polar surface area (TPSA) is 106 Å². The Morgan fingerprint density at radius 2 is 0.939 bits per heavy atom. The Labute approximate surface area is 281 Å². The van der Waals surface area contributed by atoms with Gasteiger partial charge in [0.25, 0.3) is 0 Å². The molecule has 0 amide bonds. The lowest BCUT2D eigenvalue weighted by Gasteiger charge is -2.12. The van der Waals surface area contributed by atoms with Crippen molar-refractivity contribution in [1.29, 1.82) is 0 Å². The van der Waals surface area contributed by atoms with Crippen molar-refractivity contribution in [2.75, 3.05) is 0 Å². The lowest BCUT2D eigenvalue weighted by molar-refractivity contribution is 0.447. The van der Waals surface area contributed by atoms with Crippen LogP contribution in [0.15, 0.2) is 134 Å². The van der Waals surface area contributed by atoms with Crippen LogP contribution in [-0.2, 0) is 0 Å². The van der Waals surface area contributed by atoms with Gasteiger partial charge in [-0.2, -0.15) is 0 Å². The standard InChI is InChI=1S/C39H28N6O4/c1-25-17-31-32-18-26(2)36(47-28-10-8-12-30(20-28)49-38-14-4-6-16-42-38)22-34(32)45(39-43-23-40-24-44-39)33(31)21-35(25)46-27-9-7-11-29(19-27)48-37-13-3-5-15-41-37/h3-24H,1-2H3. The number of fused-ring (bicyclic) bond motifs is 3. The maximum absolute atomic E-state index is 6.45. The van der Waals surface area contributed by atoms with Crippen molar-refractivity contribution in [1.82, 2.24) is 29.5 Å². The lowest BCUT2D eigenvalue weighted by atomic mass is 10.1. The molecule has 0 aliphatic rings. The van der Waals surface area contributed by atoms with Crippen LogP contribution in [0, 0.1) is 13.8 Å². The molecule has 0 atom stereocenters. The second kappa shape index (κ2) is 12.8. The van der Waals surface area contributed by atoms with E-state index >= 15 is 0 Å². The zero-order valence-electron chi connectivity index (χ0n) is 26.5. The fraction of sp³-hybridized carbons (Fsp3) is 0.0513. The van der Waals surface area contributed by atoms with Crippen molar-refractivity contribution < 1.29 is 18.9 Å². The van der Waals surface area contributed by atoms with Crippen LogP contribution in [0.2, 0.25) is 0 Å². The number of hydrogen-bond donors (Lipinski definition) is 0. The van der Waals surface area contributed by atoms with Gasteiger partial charge in [0.15, 0.2) is 0 Å². The van der Waals surface area contributed by atoms with Crippen molar-refractivity contribution in [3.8, 4) is 52.2 Å². The molecule has 0 spiro atoms. The van der Waals surface area contributed by atoms with Crippen LogP contribution >= 0.6 is 0 Å². The Morgan fingerprint density at radius 3 is 1.39 bits per heavy atom. The summed E-state index contributed by atoms with van der Waals surface area (Å²) in [6.45, 7) is 4.05. The normalized spacial score (nSPS) is 11.1. The predicted octanol–water partition coefficient (Wildman–Crippen LogP) is 9.54. The summed E-state index contributed by atoms with van der Waals surface area (Å²) in [4.78, 5) is 21.6. The van der Waals surface area contributed by atoms with E-state index in [1.54, 1.807) is 24.5 Å². The van der Waals surface area contributed by atoms with E-state index in [1.807, 2.05) is 103 Å². The molecule has 0 radical (unpaired) electrons. The molecule has 49 heavy (non-hydrogen) atoms. The van der Waals surface area contributed by atoms with Crippen molar-refractivity contribution in [2.24, 2.45) is 0 Å². The summed E-state index contributed by atoms with van der Waals surface area (Å²) in [5, 5.41) is 2.04. The molecule has 0 aliphatic carbocycles. The first-order valence-electron chi connectivity index (χ1n) is 15.5. The fourth-order valence-electron chi connectivity index (χ4n) is 5.58. The zero-order chi connectivity index (χ0) is 33.2. The van der Waals surface area contributed by atoms with Gasteiger partial charge in [-0.25, -0.2) is 24.9 Å². The molecule has 238 valence electrons. The molecule has 0 N–H and O–H groups in total. The number of aryl methyl sites for hydroxylation is 2. The number of rotatable bonds is 9. The monoisotopic (exact) mass is 644 g/mol. The molecule has 8 rings (SSSR count). The SMILES string of the molecule is Cc1cc2c3cc(C)c(Oc4cccc(Oc5ccccn5)c4)cc3n(-c3ncncn3)c2cc1Oc1cccc(Oc2ccccn2)c1. The first-order chi connectivity index (χ1) is 24.1. The Morgan fingerprint density at radius 1 is 0.469 bits per heavy atom. The van der Waals surface area contributed by atoms with Crippen LogP contribution in [0.1, 0.15) is 11.1 Å². The molecule has 0 saturated carbocycles. The number of ether oxygens (including phenoxy) is 4. The second-order valence-corrected chi connectivity index (χ2v) is 11.2. The number of aromatic nitrogens is 6. The smallest absolute Gasteiger partial charge is 0.237 e. The summed E-state index contributed by atoms with van der Waals surface area (Å²) >= 11 is 0. The number of hydrogen-bond acceptors (Lipinski definition) is 9. The molecule has 0 bridgehead atoms. The van der Waals surface area contributed by atoms with Gasteiger partial charge >= 0.3 is 0 Å². The van der Waals surface area contributed by atoms with E-state index in [-0.39, 0.29) is 0 Å². The maximum Gasteiger partial charge on any atom is 0.237 e. The molecule has 4 heterocycles. The van der Waals surface area contributed by atoms with Crippen LogP contribution in [0.4, 0.5) is 0 Å². The minimum atomic E-state index is 0.469. The Balaban J connectivity index is 1.18. The van der Waals surface area contributed by atoms with Gasteiger partial charge in [0.2, 0.25) is 17.7 Å². The van der Waals surface area contributed by atoms with E-state index in [0.717, 1.165) is 32.9 Å². The lowest BCUT2D eigenvalue weighted by Crippen LogP contribution is -2.01. The van der Waals surface area contributed by atoms with E-state index in [0.29, 0.717) is 52.2 Å². The number of pyridine rings is 2. The third-order valence-corrected chi connectivity index (χ3v) is 7.83. The first kappa shape index (κ1) is 29.6. The number of nitrogens with zero attached hydrogens (tertiary/aromatic N) is 6. The first-order valence-corrected chi connectivity index (χ1v) is 15.5. The van der Waals surface area contributed by atoms with Crippen molar-refractivity contribution in [3.05, 3.63) is 145 Å². The van der Waals surface area contributed by atoms with E-state index in [9.17, 15) is 0 Å². The maximum atomic E-state index is 6.45. The summed E-state index contributed by atoms with van der Waals surface area (Å²) in [7, 11) is 0. The molecule has 0 unspecified atom stereocenters. The molecule has 0 fully saturated rings. The zero-order valence-corrected chi connectivity index (χ0v) is 26.5. The average Bonchev–Trinajstić information content (AvgIpc) is 3.41. The third kappa shape index (κ3) is 6.18. The predicted molar refractivity (Wildman–Crippen MR) is 185 cm³/mol. The summed E-state index contributed by atoms with van der Waals surface area (Å²) < 4.78 is 26.8. The Bertz CT molecular complexity index is 2270. The molecule has 0 aliphatic heterocycles. The van der Waals surface area contributed by atoms with Gasteiger partial charge in [0.05, 0.1) is 11.0 Å². The molecule has 10 nitrogen and oxygen atoms in total. The summed E-state index contributed by atoms with van der Waals surface area (Å²) in [6, 6.07) is 34.3. The molecule has 4 aromatic heterocycles. The van der Waals surface area contributed by atoms with Gasteiger partial charge in [0.1, 0.15) is 47.2 Å². The van der Waals surface area contributed by atoms with Crippen molar-refractivity contribution in [3.63, 3.8) is 0 Å². The van der Waals surface area contributed by atoms with Crippen LogP contribution < -0.4 is 18.9 Å². The largest absolute Gasteiger partial charge is 0.457 e. The minimum Gasteiger partial charge on any atom is -0.457 e. The van der Waals surface area contributed by atoms with Crippen molar-refractivity contribution >= 4 is 21.8 Å². The van der Waals surface area contributed by atoms with Crippen LogP contribution in [-0.4, -0.2) is 29.5 Å². The van der Waals surface area contributed by atoms with Gasteiger partial charge < -0.3 is 18.9 Å². The highest BCUT2D eigenvalue weighted by Gasteiger charge is 2.19. The van der Waals surface area contributed by atoms with E-state index < -0.39 is 0 Å². The van der Waals surface area contributed by atoms with Gasteiger partial charge in [0, 0.05) is 59.6 Å². The third-order valence-electron chi connectivity index (χ3n) is 7.83. The van der Waals surface area contributed by atoms with Gasteiger partial charge in [-0.1, -0.05) is 24.3 Å². The summed E-state index contributed by atoms with van der Waals surface area (Å²) in [5.74, 6) is 5.32. The Hall–Kier alpha value is -6.81. The molecular weight excluding hydrogens is 616 g/mol. The molecule has 8 aromatic rings. The summed E-state index contributed by atoms with van der Waals surface area (Å²) in [6.07, 6.45) is 6.34. The highest BCUT2D eigenvalue weighted by molar-refractivity contribution is 6.10. The average molecular weight is 645 g/mol. The van der Waals surface area contributed by atoms with E-state index in [1.165, 1.54) is 12.7 Å². The highest BCUT2D eigenvalue weighted by Crippen LogP contribution is 2.40. The highest BCUT2D eigenvalue weighted by atomic mass is 16.5. The van der Waals surface area contributed by atoms with Gasteiger partial charge in [-0.3, -0.25) is 4.57 Å². The fourth-order valence-corrected chi connectivity index (χ4v) is 5.58. The molecule has 10 heteroatoms. The van der Waals surface area contributed by atoms with E-state index in [4.69, 9.17) is 18.9 Å². The quantitative estimate of drug-likeness (QED) is 0.152. The molecule has 0 saturated heterocycles. The second-order valence-electron chi connectivity index (χ2n) is 11.2. The van der Waals surface area contributed by atoms with Gasteiger partial charge in [-0.05, 0) is 73.5 Å². The Kier molecular flexibility index (Phi) is 7.71. The van der Waals surface area contributed by atoms with Crippen molar-refractivity contribution in [2.45, 2.75) is 13.8 Å². The molecule has 4 aromatic carbocycles. The summed E-state index contributed by atoms with van der Waals surface area (Å²) in [5.41, 5.74) is 3.65.